The molecule has 17 heavy (non-hydrogen) atoms. The molecule has 0 saturated carbocycles. The minimum atomic E-state index is -0.742. The molecule has 1 N–H and O–H groups in total. The zero-order chi connectivity index (χ0) is 12.3. The Labute approximate surface area is 100 Å². The molecule has 1 aromatic carbocycles. The molecule has 1 heterocycles. The lowest BCUT2D eigenvalue weighted by molar-refractivity contribution is -0.135. The average Bonchev–Trinajstić information content (AvgIpc) is 2.69. The molecule has 2 rings (SSSR count). The topological polar surface area (TPSA) is 46.5 Å². The third kappa shape index (κ3) is 2.63. The summed E-state index contributed by atoms with van der Waals surface area (Å²) in [4.78, 5) is 11.1. The highest BCUT2D eigenvalue weighted by molar-refractivity contribution is 5.90. The van der Waals surface area contributed by atoms with Gasteiger partial charge in [-0.25, -0.2) is 4.79 Å². The predicted octanol–water partition coefficient (Wildman–Crippen LogP) is 1.79. The van der Waals surface area contributed by atoms with Crippen LogP contribution in [0.4, 0.5) is 0 Å². The minimum absolute atomic E-state index is 0.206. The number of rotatable bonds is 3. The van der Waals surface area contributed by atoms with Gasteiger partial charge in [-0.05, 0) is 5.56 Å². The van der Waals surface area contributed by atoms with Gasteiger partial charge in [0, 0.05) is 5.57 Å². The van der Waals surface area contributed by atoms with E-state index in [-0.39, 0.29) is 12.5 Å². The van der Waals surface area contributed by atoms with Crippen LogP contribution in [0.3, 0.4) is 0 Å². The first-order valence-electron chi connectivity index (χ1n) is 5.45. The summed E-state index contributed by atoms with van der Waals surface area (Å²) in [5, 5.41) is 9.92. The van der Waals surface area contributed by atoms with Crippen LogP contribution in [-0.4, -0.2) is 23.8 Å². The van der Waals surface area contributed by atoms with Crippen LogP contribution in [-0.2, 0) is 9.53 Å². The Bertz CT molecular complexity index is 448. The van der Waals surface area contributed by atoms with E-state index in [4.69, 9.17) is 4.74 Å². The molecule has 0 aliphatic carbocycles. The summed E-state index contributed by atoms with van der Waals surface area (Å²) in [6, 6.07) is 9.65. The van der Waals surface area contributed by atoms with Crippen LogP contribution < -0.4 is 0 Å². The number of carbonyl (C=O) groups is 1. The second-order valence-electron chi connectivity index (χ2n) is 3.99. The molecule has 0 spiro atoms. The quantitative estimate of drug-likeness (QED) is 0.636. The highest BCUT2D eigenvalue weighted by atomic mass is 16.5. The molecule has 3 heteroatoms. The largest absolute Gasteiger partial charge is 0.462 e. The molecule has 88 valence electrons. The van der Waals surface area contributed by atoms with Crippen molar-refractivity contribution in [2.24, 2.45) is 5.92 Å². The van der Waals surface area contributed by atoms with Crippen LogP contribution >= 0.6 is 0 Å². The lowest BCUT2D eigenvalue weighted by Gasteiger charge is -2.11. The Morgan fingerprint density at radius 2 is 2.12 bits per heavy atom. The van der Waals surface area contributed by atoms with E-state index in [2.05, 4.69) is 6.58 Å². The molecule has 0 amide bonds. The summed E-state index contributed by atoms with van der Waals surface area (Å²) < 4.78 is 4.82. The van der Waals surface area contributed by atoms with E-state index in [1.165, 1.54) is 0 Å². The van der Waals surface area contributed by atoms with Gasteiger partial charge in [0.15, 0.2) is 0 Å². The van der Waals surface area contributed by atoms with Crippen molar-refractivity contribution in [1.29, 1.82) is 0 Å². The van der Waals surface area contributed by atoms with Crippen molar-refractivity contribution in [3.8, 4) is 0 Å². The molecular weight excluding hydrogens is 216 g/mol. The fourth-order valence-corrected chi connectivity index (χ4v) is 1.72. The summed E-state index contributed by atoms with van der Waals surface area (Å²) in [6.45, 7) is 3.83. The number of hydrogen-bond acceptors (Lipinski definition) is 3. The van der Waals surface area contributed by atoms with Gasteiger partial charge >= 0.3 is 5.97 Å². The maximum atomic E-state index is 11.1. The Morgan fingerprint density at radius 3 is 2.71 bits per heavy atom. The van der Waals surface area contributed by atoms with E-state index in [0.29, 0.717) is 5.57 Å². The van der Waals surface area contributed by atoms with Crippen LogP contribution in [0.25, 0.3) is 6.08 Å². The van der Waals surface area contributed by atoms with Gasteiger partial charge in [-0.2, -0.15) is 0 Å². The van der Waals surface area contributed by atoms with E-state index in [1.807, 2.05) is 36.4 Å². The minimum Gasteiger partial charge on any atom is -0.462 e. The lowest BCUT2D eigenvalue weighted by Crippen LogP contribution is -2.19. The third-order valence-electron chi connectivity index (χ3n) is 2.80. The van der Waals surface area contributed by atoms with Crippen molar-refractivity contribution in [1.82, 2.24) is 0 Å². The number of benzene rings is 1. The molecule has 1 aromatic rings. The normalized spacial score (nSPS) is 21.8. The van der Waals surface area contributed by atoms with Crippen LogP contribution in [0.15, 0.2) is 48.6 Å². The van der Waals surface area contributed by atoms with Gasteiger partial charge < -0.3 is 9.84 Å². The molecule has 3 nitrogen and oxygen atoms in total. The second kappa shape index (κ2) is 4.97. The molecule has 0 radical (unpaired) electrons. The standard InChI is InChI=1S/C14H14O3/c1-10-12(9-17-14(10)16)13(15)8-7-11-5-3-2-4-6-11/h2-8,12-13,15H,1,9H2/b8-7+. The van der Waals surface area contributed by atoms with E-state index >= 15 is 0 Å². The molecule has 1 fully saturated rings. The molecule has 1 saturated heterocycles. The molecular formula is C14H14O3. The van der Waals surface area contributed by atoms with E-state index in [0.717, 1.165) is 5.56 Å². The maximum Gasteiger partial charge on any atom is 0.333 e. The van der Waals surface area contributed by atoms with Crippen molar-refractivity contribution in [3.05, 3.63) is 54.1 Å². The van der Waals surface area contributed by atoms with Crippen LogP contribution in [0, 0.1) is 5.92 Å². The zero-order valence-corrected chi connectivity index (χ0v) is 9.37. The Hall–Kier alpha value is -1.87. The fourth-order valence-electron chi connectivity index (χ4n) is 1.72. The van der Waals surface area contributed by atoms with Gasteiger partial charge in [0.05, 0.1) is 12.0 Å². The summed E-state index contributed by atoms with van der Waals surface area (Å²) in [7, 11) is 0. The summed E-state index contributed by atoms with van der Waals surface area (Å²) in [5.41, 5.74) is 1.35. The van der Waals surface area contributed by atoms with Gasteiger partial charge in [-0.15, -0.1) is 0 Å². The number of carbonyl (C=O) groups excluding carboxylic acids is 1. The smallest absolute Gasteiger partial charge is 0.333 e. The number of ether oxygens (including phenoxy) is 1. The average molecular weight is 230 g/mol. The van der Waals surface area contributed by atoms with E-state index < -0.39 is 12.1 Å². The summed E-state index contributed by atoms with van der Waals surface area (Å²) in [6.07, 6.45) is 2.74. The van der Waals surface area contributed by atoms with Crippen molar-refractivity contribution in [3.63, 3.8) is 0 Å². The highest BCUT2D eigenvalue weighted by Gasteiger charge is 2.32. The first-order chi connectivity index (χ1) is 8.18. The molecule has 1 aliphatic heterocycles. The molecule has 0 aromatic heterocycles. The summed E-state index contributed by atoms with van der Waals surface area (Å²) in [5.74, 6) is -0.746. The number of cyclic esters (lactones) is 1. The summed E-state index contributed by atoms with van der Waals surface area (Å²) >= 11 is 0. The van der Waals surface area contributed by atoms with Crippen LogP contribution in [0.2, 0.25) is 0 Å². The number of aliphatic hydroxyl groups excluding tert-OH is 1. The third-order valence-corrected chi connectivity index (χ3v) is 2.80. The van der Waals surface area contributed by atoms with Gasteiger partial charge in [0.1, 0.15) is 6.61 Å². The Kier molecular flexibility index (Phi) is 3.40. The van der Waals surface area contributed by atoms with Crippen LogP contribution in [0.5, 0.6) is 0 Å². The highest BCUT2D eigenvalue weighted by Crippen LogP contribution is 2.23. The SMILES string of the molecule is C=C1C(=O)OCC1C(O)/C=C/c1ccccc1. The molecule has 2 atom stereocenters. The van der Waals surface area contributed by atoms with Crippen molar-refractivity contribution >= 4 is 12.0 Å². The van der Waals surface area contributed by atoms with Gasteiger partial charge in [-0.1, -0.05) is 49.1 Å². The Morgan fingerprint density at radius 1 is 1.41 bits per heavy atom. The second-order valence-corrected chi connectivity index (χ2v) is 3.99. The maximum absolute atomic E-state index is 11.1. The first-order valence-corrected chi connectivity index (χ1v) is 5.45. The first kappa shape index (κ1) is 11.6. The van der Waals surface area contributed by atoms with Gasteiger partial charge in [0.2, 0.25) is 0 Å². The van der Waals surface area contributed by atoms with Crippen molar-refractivity contribution < 1.29 is 14.6 Å². The molecule has 2 unspecified atom stereocenters. The van der Waals surface area contributed by atoms with E-state index in [1.54, 1.807) is 6.08 Å². The Balaban J connectivity index is 2.02. The monoisotopic (exact) mass is 230 g/mol. The zero-order valence-electron chi connectivity index (χ0n) is 9.37. The lowest BCUT2D eigenvalue weighted by atomic mass is 9.96. The van der Waals surface area contributed by atoms with Gasteiger partial charge in [0.25, 0.3) is 0 Å². The molecule has 1 aliphatic rings. The van der Waals surface area contributed by atoms with Crippen molar-refractivity contribution in [2.45, 2.75) is 6.10 Å². The number of esters is 1. The number of hydrogen-bond donors (Lipinski definition) is 1. The van der Waals surface area contributed by atoms with Gasteiger partial charge in [-0.3, -0.25) is 0 Å². The fraction of sp³-hybridized carbons (Fsp3) is 0.214. The van der Waals surface area contributed by atoms with Crippen molar-refractivity contribution in [2.75, 3.05) is 6.61 Å². The predicted molar refractivity (Wildman–Crippen MR) is 65.1 cm³/mol. The van der Waals surface area contributed by atoms with E-state index in [9.17, 15) is 9.90 Å². The number of aliphatic hydroxyl groups is 1. The molecule has 0 bridgehead atoms. The van der Waals surface area contributed by atoms with Crippen LogP contribution in [0.1, 0.15) is 5.56 Å².